The summed E-state index contributed by atoms with van der Waals surface area (Å²) < 4.78 is 11.1. The van der Waals surface area contributed by atoms with Crippen molar-refractivity contribution in [3.8, 4) is 0 Å². The van der Waals surface area contributed by atoms with E-state index in [1.807, 2.05) is 0 Å². The van der Waals surface area contributed by atoms with E-state index < -0.39 is 0 Å². The average molecular weight is 157 g/mol. The molecular formula is C8H15NO2. The van der Waals surface area contributed by atoms with Crippen LogP contribution in [0.2, 0.25) is 0 Å². The highest BCUT2D eigenvalue weighted by atomic mass is 16.6. The van der Waals surface area contributed by atoms with Crippen molar-refractivity contribution in [3.63, 3.8) is 0 Å². The Bertz CT molecular complexity index is 133. The first-order valence-electron chi connectivity index (χ1n) is 4.27. The Morgan fingerprint density at radius 3 is 3.09 bits per heavy atom. The summed E-state index contributed by atoms with van der Waals surface area (Å²) in [6.45, 7) is 5.61. The van der Waals surface area contributed by atoms with Gasteiger partial charge in [-0.1, -0.05) is 0 Å². The highest BCUT2D eigenvalue weighted by Crippen LogP contribution is 2.32. The molecule has 2 aliphatic rings. The summed E-state index contributed by atoms with van der Waals surface area (Å²) in [6.07, 6.45) is 1.57. The molecule has 0 bridgehead atoms. The molecular weight excluding hydrogens is 142 g/mol. The molecule has 0 aromatic rings. The molecule has 1 N–H and O–H groups in total. The third-order valence-electron chi connectivity index (χ3n) is 2.35. The second kappa shape index (κ2) is 2.73. The Morgan fingerprint density at radius 2 is 2.36 bits per heavy atom. The maximum Gasteiger partial charge on any atom is 0.107 e. The zero-order valence-electron chi connectivity index (χ0n) is 6.93. The van der Waals surface area contributed by atoms with Gasteiger partial charge in [0.2, 0.25) is 0 Å². The molecule has 3 heteroatoms. The van der Waals surface area contributed by atoms with E-state index in [0.29, 0.717) is 6.10 Å². The van der Waals surface area contributed by atoms with E-state index in [-0.39, 0.29) is 5.60 Å². The lowest BCUT2D eigenvalue weighted by Gasteiger charge is -2.45. The van der Waals surface area contributed by atoms with Gasteiger partial charge in [0.25, 0.3) is 0 Å². The molecule has 0 aliphatic carbocycles. The Labute approximate surface area is 67.1 Å². The normalized spacial score (nSPS) is 45.0. The molecule has 2 rings (SSSR count). The fourth-order valence-electron chi connectivity index (χ4n) is 1.92. The van der Waals surface area contributed by atoms with Gasteiger partial charge >= 0.3 is 0 Å². The Balaban J connectivity index is 1.91. The SMILES string of the molecule is CC1CC2(CNCCOC2)O1. The van der Waals surface area contributed by atoms with Crippen LogP contribution in [0.25, 0.3) is 0 Å². The molecule has 2 atom stereocenters. The molecule has 0 aromatic carbocycles. The third kappa shape index (κ3) is 1.41. The predicted molar refractivity (Wildman–Crippen MR) is 41.6 cm³/mol. The van der Waals surface area contributed by atoms with E-state index in [9.17, 15) is 0 Å². The van der Waals surface area contributed by atoms with Gasteiger partial charge in [0.05, 0.1) is 19.3 Å². The minimum Gasteiger partial charge on any atom is -0.377 e. The topological polar surface area (TPSA) is 30.5 Å². The molecule has 2 saturated heterocycles. The minimum absolute atomic E-state index is 0.0237. The van der Waals surface area contributed by atoms with Gasteiger partial charge in [-0.15, -0.1) is 0 Å². The summed E-state index contributed by atoms with van der Waals surface area (Å²) in [6, 6.07) is 0. The van der Waals surface area contributed by atoms with Gasteiger partial charge in [-0.2, -0.15) is 0 Å². The number of hydrogen-bond donors (Lipinski definition) is 1. The molecule has 2 aliphatic heterocycles. The second-order valence-electron chi connectivity index (χ2n) is 3.54. The van der Waals surface area contributed by atoms with Crippen molar-refractivity contribution in [3.05, 3.63) is 0 Å². The van der Waals surface area contributed by atoms with Crippen LogP contribution in [0, 0.1) is 0 Å². The zero-order chi connectivity index (χ0) is 7.73. The van der Waals surface area contributed by atoms with Crippen molar-refractivity contribution in [2.45, 2.75) is 25.0 Å². The van der Waals surface area contributed by atoms with Crippen LogP contribution >= 0.6 is 0 Å². The van der Waals surface area contributed by atoms with Crippen molar-refractivity contribution in [2.24, 2.45) is 0 Å². The molecule has 0 amide bonds. The van der Waals surface area contributed by atoms with Crippen LogP contribution in [0.1, 0.15) is 13.3 Å². The first kappa shape index (κ1) is 7.53. The smallest absolute Gasteiger partial charge is 0.107 e. The molecule has 0 saturated carbocycles. The maximum absolute atomic E-state index is 5.66. The lowest BCUT2D eigenvalue weighted by molar-refractivity contribution is -0.213. The number of hydrogen-bond acceptors (Lipinski definition) is 3. The van der Waals surface area contributed by atoms with Gasteiger partial charge in [-0.05, 0) is 6.92 Å². The van der Waals surface area contributed by atoms with E-state index in [1.165, 1.54) is 0 Å². The molecule has 3 nitrogen and oxygen atoms in total. The van der Waals surface area contributed by atoms with Crippen molar-refractivity contribution in [1.82, 2.24) is 5.32 Å². The summed E-state index contributed by atoms with van der Waals surface area (Å²) in [5.41, 5.74) is 0.0237. The first-order valence-corrected chi connectivity index (χ1v) is 4.27. The van der Waals surface area contributed by atoms with Crippen LogP contribution in [0.4, 0.5) is 0 Å². The molecule has 0 aromatic heterocycles. The van der Waals surface area contributed by atoms with E-state index >= 15 is 0 Å². The van der Waals surface area contributed by atoms with Gasteiger partial charge in [0, 0.05) is 19.5 Å². The van der Waals surface area contributed by atoms with Crippen LogP contribution in [0.5, 0.6) is 0 Å². The molecule has 2 unspecified atom stereocenters. The number of nitrogens with one attached hydrogen (secondary N) is 1. The van der Waals surface area contributed by atoms with Crippen molar-refractivity contribution >= 4 is 0 Å². The van der Waals surface area contributed by atoms with Gasteiger partial charge < -0.3 is 14.8 Å². The van der Waals surface area contributed by atoms with Crippen molar-refractivity contribution < 1.29 is 9.47 Å². The van der Waals surface area contributed by atoms with Crippen LogP contribution in [0.15, 0.2) is 0 Å². The fourth-order valence-corrected chi connectivity index (χ4v) is 1.92. The maximum atomic E-state index is 5.66. The van der Waals surface area contributed by atoms with Crippen LogP contribution < -0.4 is 5.32 Å². The van der Waals surface area contributed by atoms with Gasteiger partial charge in [0.1, 0.15) is 5.60 Å². The first-order chi connectivity index (χ1) is 5.31. The molecule has 11 heavy (non-hydrogen) atoms. The summed E-state index contributed by atoms with van der Waals surface area (Å²) in [5.74, 6) is 0. The standard InChI is InChI=1S/C8H15NO2/c1-7-4-8(11-7)5-9-2-3-10-6-8/h7,9H,2-6H2,1H3. The molecule has 1 spiro atoms. The zero-order valence-corrected chi connectivity index (χ0v) is 6.93. The molecule has 64 valence electrons. The van der Waals surface area contributed by atoms with Crippen LogP contribution in [-0.2, 0) is 9.47 Å². The van der Waals surface area contributed by atoms with Crippen LogP contribution in [-0.4, -0.2) is 38.0 Å². The van der Waals surface area contributed by atoms with Crippen molar-refractivity contribution in [1.29, 1.82) is 0 Å². The number of rotatable bonds is 0. The van der Waals surface area contributed by atoms with Gasteiger partial charge in [-0.3, -0.25) is 0 Å². The highest BCUT2D eigenvalue weighted by molar-refractivity contribution is 4.94. The quantitative estimate of drug-likeness (QED) is 0.543. The molecule has 2 heterocycles. The Hall–Kier alpha value is -0.120. The van der Waals surface area contributed by atoms with Crippen LogP contribution in [0.3, 0.4) is 0 Å². The monoisotopic (exact) mass is 157 g/mol. The second-order valence-corrected chi connectivity index (χ2v) is 3.54. The van der Waals surface area contributed by atoms with E-state index in [0.717, 1.165) is 32.7 Å². The van der Waals surface area contributed by atoms with Crippen molar-refractivity contribution in [2.75, 3.05) is 26.3 Å². The average Bonchev–Trinajstić information content (AvgIpc) is 2.12. The van der Waals surface area contributed by atoms with Gasteiger partial charge in [0.15, 0.2) is 0 Å². The summed E-state index contributed by atoms with van der Waals surface area (Å²) >= 11 is 0. The Kier molecular flexibility index (Phi) is 1.87. The third-order valence-corrected chi connectivity index (χ3v) is 2.35. The van der Waals surface area contributed by atoms with Gasteiger partial charge in [-0.25, -0.2) is 0 Å². The summed E-state index contributed by atoms with van der Waals surface area (Å²) in [4.78, 5) is 0. The Morgan fingerprint density at radius 1 is 1.55 bits per heavy atom. The summed E-state index contributed by atoms with van der Waals surface area (Å²) in [7, 11) is 0. The van der Waals surface area contributed by atoms with E-state index in [1.54, 1.807) is 0 Å². The van der Waals surface area contributed by atoms with E-state index in [2.05, 4.69) is 12.2 Å². The molecule has 0 radical (unpaired) electrons. The lowest BCUT2D eigenvalue weighted by atomic mass is 9.90. The largest absolute Gasteiger partial charge is 0.377 e. The van der Waals surface area contributed by atoms with E-state index in [4.69, 9.17) is 9.47 Å². The lowest BCUT2D eigenvalue weighted by Crippen LogP contribution is -2.57. The molecule has 2 fully saturated rings. The minimum atomic E-state index is 0.0237. The predicted octanol–water partition coefficient (Wildman–Crippen LogP) is 0.154. The number of ether oxygens (including phenoxy) is 2. The fraction of sp³-hybridized carbons (Fsp3) is 1.00. The summed E-state index contributed by atoms with van der Waals surface area (Å²) in [5, 5.41) is 3.31. The highest BCUT2D eigenvalue weighted by Gasteiger charge is 2.43.